The number of hydrogen-bond acceptors (Lipinski definition) is 7. The van der Waals surface area contributed by atoms with Crippen LogP contribution in [0, 0.1) is 31.1 Å². The molecule has 0 unspecified atom stereocenters. The molecule has 7 nitrogen and oxygen atoms in total. The van der Waals surface area contributed by atoms with Crippen molar-refractivity contribution in [2.24, 2.45) is 0 Å². The predicted molar refractivity (Wildman–Crippen MR) is 121 cm³/mol. The third-order valence-electron chi connectivity index (χ3n) is 4.73. The average molecular weight is 441 g/mol. The first kappa shape index (κ1) is 21.7. The standard InChI is InChI=1S/C25H20FN5O2/c1-16-11-19(15-32-21-7-8-22(26)29-14-21)12-17(2)24(16)33-23-9-10-28-25(31-23)30-20-5-3-18(13-27)4-6-20/h3-12,14H,15H2,1-2H3,(H,28,30,31). The number of nitrogens with zero attached hydrogens (tertiary/aromatic N) is 4. The Kier molecular flexibility index (Phi) is 6.41. The largest absolute Gasteiger partial charge is 0.487 e. The zero-order valence-corrected chi connectivity index (χ0v) is 18.0. The van der Waals surface area contributed by atoms with Crippen LogP contribution < -0.4 is 14.8 Å². The molecule has 2 aromatic heterocycles. The van der Waals surface area contributed by atoms with Crippen LogP contribution >= 0.6 is 0 Å². The fraction of sp³-hybridized carbons (Fsp3) is 0.120. The number of rotatable bonds is 7. The molecule has 1 N–H and O–H groups in total. The molecule has 0 amide bonds. The highest BCUT2D eigenvalue weighted by atomic mass is 19.1. The molecular formula is C25H20FN5O2. The number of aryl methyl sites for hydroxylation is 2. The maximum atomic E-state index is 12.9. The Balaban J connectivity index is 1.45. The smallest absolute Gasteiger partial charge is 0.230 e. The van der Waals surface area contributed by atoms with E-state index in [4.69, 9.17) is 14.7 Å². The third kappa shape index (κ3) is 5.60. The maximum Gasteiger partial charge on any atom is 0.230 e. The molecule has 8 heteroatoms. The SMILES string of the molecule is Cc1cc(COc2ccc(F)nc2)cc(C)c1Oc1ccnc(Nc2ccc(C#N)cc2)n1. The molecule has 164 valence electrons. The van der Waals surface area contributed by atoms with Crippen molar-refractivity contribution in [2.45, 2.75) is 20.5 Å². The minimum atomic E-state index is -0.546. The highest BCUT2D eigenvalue weighted by molar-refractivity contribution is 5.55. The van der Waals surface area contributed by atoms with Crippen molar-refractivity contribution in [1.29, 1.82) is 5.26 Å². The van der Waals surface area contributed by atoms with Crippen molar-refractivity contribution in [3.8, 4) is 23.4 Å². The Labute approximate surface area is 190 Å². The number of anilines is 2. The molecule has 0 radical (unpaired) electrons. The summed E-state index contributed by atoms with van der Waals surface area (Å²) in [6.45, 7) is 4.21. The maximum absolute atomic E-state index is 12.9. The van der Waals surface area contributed by atoms with E-state index in [2.05, 4.69) is 26.3 Å². The number of nitriles is 1. The summed E-state index contributed by atoms with van der Waals surface area (Å²) in [5.41, 5.74) is 4.14. The Morgan fingerprint density at radius 3 is 2.42 bits per heavy atom. The van der Waals surface area contributed by atoms with Crippen molar-refractivity contribution in [1.82, 2.24) is 15.0 Å². The van der Waals surface area contributed by atoms with Gasteiger partial charge in [0.1, 0.15) is 18.1 Å². The second-order valence-electron chi connectivity index (χ2n) is 7.30. The van der Waals surface area contributed by atoms with Gasteiger partial charge in [0.25, 0.3) is 0 Å². The van der Waals surface area contributed by atoms with E-state index in [9.17, 15) is 4.39 Å². The van der Waals surface area contributed by atoms with Crippen LogP contribution in [-0.4, -0.2) is 15.0 Å². The summed E-state index contributed by atoms with van der Waals surface area (Å²) in [5.74, 6) is 1.43. The van der Waals surface area contributed by atoms with Crippen molar-refractivity contribution < 1.29 is 13.9 Å². The summed E-state index contributed by atoms with van der Waals surface area (Å²) in [4.78, 5) is 12.2. The molecule has 0 aliphatic carbocycles. The molecule has 0 spiro atoms. The van der Waals surface area contributed by atoms with Crippen LogP contribution in [-0.2, 0) is 6.61 Å². The van der Waals surface area contributed by atoms with Crippen molar-refractivity contribution in [3.05, 3.63) is 95.2 Å². The Hall–Kier alpha value is -4.51. The molecule has 2 aromatic carbocycles. The minimum absolute atomic E-state index is 0.321. The molecule has 0 aliphatic heterocycles. The van der Waals surface area contributed by atoms with E-state index in [1.807, 2.05) is 26.0 Å². The van der Waals surface area contributed by atoms with Gasteiger partial charge in [-0.1, -0.05) is 0 Å². The zero-order valence-electron chi connectivity index (χ0n) is 18.0. The first-order chi connectivity index (χ1) is 16.0. The molecule has 2 heterocycles. The number of pyridine rings is 1. The lowest BCUT2D eigenvalue weighted by atomic mass is 10.1. The van der Waals surface area contributed by atoms with Gasteiger partial charge in [-0.15, -0.1) is 0 Å². The normalized spacial score (nSPS) is 10.4. The molecule has 0 bridgehead atoms. The van der Waals surface area contributed by atoms with E-state index in [1.165, 1.54) is 18.3 Å². The van der Waals surface area contributed by atoms with Crippen molar-refractivity contribution >= 4 is 11.6 Å². The second-order valence-corrected chi connectivity index (χ2v) is 7.30. The topological polar surface area (TPSA) is 93.0 Å². The summed E-state index contributed by atoms with van der Waals surface area (Å²) in [6.07, 6.45) is 2.96. The molecule has 0 aliphatic rings. The van der Waals surface area contributed by atoms with Crippen LogP contribution in [0.5, 0.6) is 17.4 Å². The summed E-state index contributed by atoms with van der Waals surface area (Å²) < 4.78 is 24.7. The number of aromatic nitrogens is 3. The summed E-state index contributed by atoms with van der Waals surface area (Å²) >= 11 is 0. The van der Waals surface area contributed by atoms with Gasteiger partial charge in [-0.2, -0.15) is 14.6 Å². The second kappa shape index (κ2) is 9.75. The van der Waals surface area contributed by atoms with E-state index in [-0.39, 0.29) is 0 Å². The Morgan fingerprint density at radius 1 is 1.00 bits per heavy atom. The first-order valence-electron chi connectivity index (χ1n) is 10.1. The fourth-order valence-electron chi connectivity index (χ4n) is 3.22. The van der Waals surface area contributed by atoms with Gasteiger partial charge in [0, 0.05) is 18.0 Å². The van der Waals surface area contributed by atoms with Gasteiger partial charge in [0.2, 0.25) is 17.8 Å². The number of benzene rings is 2. The number of hydrogen-bond donors (Lipinski definition) is 1. The van der Waals surface area contributed by atoms with Gasteiger partial charge >= 0.3 is 0 Å². The van der Waals surface area contributed by atoms with E-state index in [1.54, 1.807) is 36.5 Å². The molecule has 4 rings (SSSR count). The monoisotopic (exact) mass is 441 g/mol. The molecule has 4 aromatic rings. The Morgan fingerprint density at radius 2 is 1.76 bits per heavy atom. The first-order valence-corrected chi connectivity index (χ1v) is 10.1. The number of halogens is 1. The van der Waals surface area contributed by atoms with Gasteiger partial charge < -0.3 is 14.8 Å². The van der Waals surface area contributed by atoms with Crippen LogP contribution in [0.3, 0.4) is 0 Å². The van der Waals surface area contributed by atoms with E-state index in [0.29, 0.717) is 35.5 Å². The van der Waals surface area contributed by atoms with Crippen molar-refractivity contribution in [3.63, 3.8) is 0 Å². The quantitative estimate of drug-likeness (QED) is 0.372. The predicted octanol–water partition coefficient (Wildman–Crippen LogP) is 5.61. The van der Waals surface area contributed by atoms with Crippen molar-refractivity contribution in [2.75, 3.05) is 5.32 Å². The zero-order chi connectivity index (χ0) is 23.2. The van der Waals surface area contributed by atoms with Crippen LogP contribution in [0.4, 0.5) is 16.0 Å². The number of nitrogens with one attached hydrogen (secondary N) is 1. The van der Waals surface area contributed by atoms with E-state index in [0.717, 1.165) is 22.4 Å². The van der Waals surface area contributed by atoms with E-state index < -0.39 is 5.95 Å². The lowest BCUT2D eigenvalue weighted by Gasteiger charge is -2.14. The molecule has 33 heavy (non-hydrogen) atoms. The molecular weight excluding hydrogens is 421 g/mol. The molecule has 0 saturated carbocycles. The molecule has 0 fully saturated rings. The van der Waals surface area contributed by atoms with Crippen LogP contribution in [0.2, 0.25) is 0 Å². The van der Waals surface area contributed by atoms with Crippen LogP contribution in [0.1, 0.15) is 22.3 Å². The highest BCUT2D eigenvalue weighted by Crippen LogP contribution is 2.30. The average Bonchev–Trinajstić information content (AvgIpc) is 2.82. The van der Waals surface area contributed by atoms with Crippen LogP contribution in [0.25, 0.3) is 0 Å². The summed E-state index contributed by atoms with van der Waals surface area (Å²) in [5, 5.41) is 12.0. The Bertz CT molecular complexity index is 1280. The van der Waals surface area contributed by atoms with Crippen LogP contribution in [0.15, 0.2) is 67.0 Å². The van der Waals surface area contributed by atoms with Gasteiger partial charge in [-0.3, -0.25) is 0 Å². The van der Waals surface area contributed by atoms with Gasteiger partial charge in [0.05, 0.1) is 17.8 Å². The third-order valence-corrected chi connectivity index (χ3v) is 4.73. The van der Waals surface area contributed by atoms with Gasteiger partial charge in [0.15, 0.2) is 0 Å². The molecule has 0 saturated heterocycles. The van der Waals surface area contributed by atoms with E-state index >= 15 is 0 Å². The summed E-state index contributed by atoms with van der Waals surface area (Å²) in [6, 6.07) is 17.5. The van der Waals surface area contributed by atoms with Gasteiger partial charge in [-0.25, -0.2) is 9.97 Å². The lowest BCUT2D eigenvalue weighted by molar-refractivity contribution is 0.303. The van der Waals surface area contributed by atoms with Gasteiger partial charge in [-0.05, 0) is 79.1 Å². The number of ether oxygens (including phenoxy) is 2. The lowest BCUT2D eigenvalue weighted by Crippen LogP contribution is -2.01. The molecule has 0 atom stereocenters. The summed E-state index contributed by atoms with van der Waals surface area (Å²) in [7, 11) is 0. The minimum Gasteiger partial charge on any atom is -0.487 e. The highest BCUT2D eigenvalue weighted by Gasteiger charge is 2.10. The fourth-order valence-corrected chi connectivity index (χ4v) is 3.22.